The van der Waals surface area contributed by atoms with Crippen molar-refractivity contribution in [1.82, 2.24) is 10.6 Å². The van der Waals surface area contributed by atoms with E-state index in [9.17, 15) is 4.79 Å². The second kappa shape index (κ2) is 13.8. The number of primary amides is 1. The standard InChI is InChI=1S/C22H36N4O3/c1-2-24-22(25-14-6-16-28-19-7-4-3-5-8-19)26-15-13-18-9-11-20(12-10-18)29-17-21(23)27/h9-12,19H,2-8,13-17H2,1H3,(H2,23,27)(H2,24,25,26). The summed E-state index contributed by atoms with van der Waals surface area (Å²) in [7, 11) is 0. The highest BCUT2D eigenvalue weighted by Gasteiger charge is 2.12. The third-order valence-electron chi connectivity index (χ3n) is 4.83. The van der Waals surface area contributed by atoms with Crippen LogP contribution in [0.15, 0.2) is 29.3 Å². The van der Waals surface area contributed by atoms with Gasteiger partial charge in [-0.15, -0.1) is 0 Å². The number of nitrogens with one attached hydrogen (secondary N) is 2. The summed E-state index contributed by atoms with van der Waals surface area (Å²) in [6.07, 6.45) is 8.67. The minimum atomic E-state index is -0.478. The lowest BCUT2D eigenvalue weighted by molar-refractivity contribution is -0.119. The van der Waals surface area contributed by atoms with Crippen LogP contribution in [-0.2, 0) is 16.0 Å². The summed E-state index contributed by atoms with van der Waals surface area (Å²) in [4.78, 5) is 15.4. The van der Waals surface area contributed by atoms with E-state index in [0.717, 1.165) is 45.0 Å². The minimum absolute atomic E-state index is 0.102. The number of amides is 1. The Kier molecular flexibility index (Phi) is 11.0. The molecule has 1 fully saturated rings. The number of rotatable bonds is 12. The third-order valence-corrected chi connectivity index (χ3v) is 4.83. The van der Waals surface area contributed by atoms with Crippen LogP contribution in [0.1, 0.15) is 51.0 Å². The van der Waals surface area contributed by atoms with Crippen LogP contribution < -0.4 is 21.1 Å². The number of nitrogens with zero attached hydrogens (tertiary/aromatic N) is 1. The SMILES string of the molecule is CCNC(=NCCCOC1CCCCC1)NCCc1ccc(OCC(N)=O)cc1. The highest BCUT2D eigenvalue weighted by molar-refractivity contribution is 5.79. The Morgan fingerprint density at radius 3 is 2.62 bits per heavy atom. The fourth-order valence-electron chi connectivity index (χ4n) is 3.31. The molecule has 0 radical (unpaired) electrons. The Bertz CT molecular complexity index is 613. The van der Waals surface area contributed by atoms with Gasteiger partial charge in [0.25, 0.3) is 5.91 Å². The van der Waals surface area contributed by atoms with Gasteiger partial charge in [-0.1, -0.05) is 31.4 Å². The van der Waals surface area contributed by atoms with E-state index in [1.807, 2.05) is 24.3 Å². The molecular formula is C22H36N4O3. The average molecular weight is 405 g/mol. The van der Waals surface area contributed by atoms with Crippen molar-refractivity contribution in [2.45, 2.75) is 58.0 Å². The van der Waals surface area contributed by atoms with Gasteiger partial charge >= 0.3 is 0 Å². The van der Waals surface area contributed by atoms with Gasteiger partial charge in [-0.05, 0) is 50.3 Å². The molecule has 0 saturated heterocycles. The van der Waals surface area contributed by atoms with E-state index in [1.54, 1.807) is 0 Å². The van der Waals surface area contributed by atoms with E-state index in [1.165, 1.54) is 37.7 Å². The zero-order valence-corrected chi connectivity index (χ0v) is 17.6. The minimum Gasteiger partial charge on any atom is -0.484 e. The zero-order valence-electron chi connectivity index (χ0n) is 17.6. The van der Waals surface area contributed by atoms with Crippen LogP contribution in [-0.4, -0.2) is 50.8 Å². The van der Waals surface area contributed by atoms with Crippen molar-refractivity contribution in [2.75, 3.05) is 32.8 Å². The Hall–Kier alpha value is -2.28. The number of carbonyl (C=O) groups excluding carboxylic acids is 1. The lowest BCUT2D eigenvalue weighted by atomic mass is 9.98. The van der Waals surface area contributed by atoms with Gasteiger partial charge in [-0.3, -0.25) is 9.79 Å². The van der Waals surface area contributed by atoms with Crippen molar-refractivity contribution in [2.24, 2.45) is 10.7 Å². The Balaban J connectivity index is 1.64. The summed E-state index contributed by atoms with van der Waals surface area (Å²) < 4.78 is 11.2. The Labute approximate surface area is 174 Å². The lowest BCUT2D eigenvalue weighted by Gasteiger charge is -2.21. The van der Waals surface area contributed by atoms with E-state index in [4.69, 9.17) is 15.2 Å². The summed E-state index contributed by atoms with van der Waals surface area (Å²) in [5, 5.41) is 6.65. The molecule has 0 spiro atoms. The van der Waals surface area contributed by atoms with Gasteiger partial charge in [0.1, 0.15) is 5.75 Å². The number of hydrogen-bond donors (Lipinski definition) is 3. The topological polar surface area (TPSA) is 98.0 Å². The zero-order chi connectivity index (χ0) is 20.7. The van der Waals surface area contributed by atoms with E-state index in [-0.39, 0.29) is 6.61 Å². The Morgan fingerprint density at radius 2 is 1.93 bits per heavy atom. The molecule has 7 nitrogen and oxygen atoms in total. The molecule has 0 unspecified atom stereocenters. The predicted octanol–water partition coefficient (Wildman–Crippen LogP) is 2.39. The number of benzene rings is 1. The largest absolute Gasteiger partial charge is 0.484 e. The maximum Gasteiger partial charge on any atom is 0.255 e. The number of ether oxygens (including phenoxy) is 2. The van der Waals surface area contributed by atoms with E-state index < -0.39 is 5.91 Å². The maximum atomic E-state index is 10.7. The van der Waals surface area contributed by atoms with Crippen LogP contribution in [0.5, 0.6) is 5.75 Å². The molecule has 1 aromatic carbocycles. The summed E-state index contributed by atoms with van der Waals surface area (Å²) in [5.74, 6) is 1.01. The monoisotopic (exact) mass is 404 g/mol. The molecule has 7 heteroatoms. The molecule has 2 rings (SSSR count). The summed E-state index contributed by atoms with van der Waals surface area (Å²) in [6, 6.07) is 7.68. The molecular weight excluding hydrogens is 368 g/mol. The predicted molar refractivity (Wildman–Crippen MR) is 116 cm³/mol. The number of guanidine groups is 1. The van der Waals surface area contributed by atoms with E-state index in [2.05, 4.69) is 22.5 Å². The van der Waals surface area contributed by atoms with Crippen molar-refractivity contribution >= 4 is 11.9 Å². The maximum absolute atomic E-state index is 10.7. The van der Waals surface area contributed by atoms with E-state index >= 15 is 0 Å². The molecule has 0 atom stereocenters. The summed E-state index contributed by atoms with van der Waals surface area (Å²) in [6.45, 7) is 5.12. The van der Waals surface area contributed by atoms with Gasteiger partial charge in [-0.25, -0.2) is 0 Å². The fraction of sp³-hybridized carbons (Fsp3) is 0.636. The lowest BCUT2D eigenvalue weighted by Crippen LogP contribution is -2.38. The van der Waals surface area contributed by atoms with Crippen LogP contribution in [0.4, 0.5) is 0 Å². The van der Waals surface area contributed by atoms with Crippen LogP contribution in [0.25, 0.3) is 0 Å². The van der Waals surface area contributed by atoms with Crippen molar-refractivity contribution in [3.05, 3.63) is 29.8 Å². The molecule has 0 aromatic heterocycles. The average Bonchev–Trinajstić information content (AvgIpc) is 2.73. The fourth-order valence-corrected chi connectivity index (χ4v) is 3.31. The molecule has 0 bridgehead atoms. The molecule has 1 aliphatic carbocycles. The smallest absolute Gasteiger partial charge is 0.255 e. The summed E-state index contributed by atoms with van der Waals surface area (Å²) in [5.41, 5.74) is 6.26. The Morgan fingerprint density at radius 1 is 1.17 bits per heavy atom. The number of aliphatic imine (C=N–C) groups is 1. The van der Waals surface area contributed by atoms with Gasteiger partial charge < -0.3 is 25.8 Å². The van der Waals surface area contributed by atoms with Gasteiger partial charge in [0.05, 0.1) is 6.10 Å². The first-order valence-electron chi connectivity index (χ1n) is 10.8. The van der Waals surface area contributed by atoms with Crippen molar-refractivity contribution < 1.29 is 14.3 Å². The van der Waals surface area contributed by atoms with Crippen LogP contribution >= 0.6 is 0 Å². The second-order valence-corrected chi connectivity index (χ2v) is 7.32. The quantitative estimate of drug-likeness (QED) is 0.282. The molecule has 0 aliphatic heterocycles. The van der Waals surface area contributed by atoms with Crippen LogP contribution in [0.3, 0.4) is 0 Å². The number of carbonyl (C=O) groups is 1. The number of hydrogen-bond acceptors (Lipinski definition) is 4. The van der Waals surface area contributed by atoms with Gasteiger partial charge in [0.15, 0.2) is 12.6 Å². The molecule has 1 aromatic rings. The molecule has 1 aliphatic rings. The van der Waals surface area contributed by atoms with Crippen LogP contribution in [0, 0.1) is 0 Å². The van der Waals surface area contributed by atoms with E-state index in [0.29, 0.717) is 11.9 Å². The van der Waals surface area contributed by atoms with Gasteiger partial charge in [0, 0.05) is 26.2 Å². The second-order valence-electron chi connectivity index (χ2n) is 7.32. The summed E-state index contributed by atoms with van der Waals surface area (Å²) >= 11 is 0. The van der Waals surface area contributed by atoms with Crippen molar-refractivity contribution in [3.8, 4) is 5.75 Å². The molecule has 1 saturated carbocycles. The molecule has 162 valence electrons. The molecule has 29 heavy (non-hydrogen) atoms. The first-order chi connectivity index (χ1) is 14.2. The molecule has 1 amide bonds. The first-order valence-corrected chi connectivity index (χ1v) is 10.8. The highest BCUT2D eigenvalue weighted by Crippen LogP contribution is 2.20. The molecule has 0 heterocycles. The van der Waals surface area contributed by atoms with Crippen LogP contribution in [0.2, 0.25) is 0 Å². The highest BCUT2D eigenvalue weighted by atomic mass is 16.5. The number of nitrogens with two attached hydrogens (primary N) is 1. The van der Waals surface area contributed by atoms with Crippen molar-refractivity contribution in [1.29, 1.82) is 0 Å². The van der Waals surface area contributed by atoms with Gasteiger partial charge in [0.2, 0.25) is 0 Å². The normalized spacial score (nSPS) is 15.1. The third kappa shape index (κ3) is 10.2. The van der Waals surface area contributed by atoms with Crippen molar-refractivity contribution in [3.63, 3.8) is 0 Å². The first kappa shape index (κ1) is 23.0. The van der Waals surface area contributed by atoms with Gasteiger partial charge in [-0.2, -0.15) is 0 Å². The molecule has 4 N–H and O–H groups in total.